The molecule has 30 heavy (non-hydrogen) atoms. The zero-order valence-corrected chi connectivity index (χ0v) is 17.8. The molecule has 3 aromatic rings. The highest BCUT2D eigenvalue weighted by atomic mass is 35.5. The van der Waals surface area contributed by atoms with Crippen molar-refractivity contribution in [3.8, 4) is 17.1 Å². The zero-order chi connectivity index (χ0) is 21.1. The number of rotatable bonds is 6. The van der Waals surface area contributed by atoms with Gasteiger partial charge in [-0.25, -0.2) is 4.79 Å². The lowest BCUT2D eigenvalue weighted by Gasteiger charge is -2.13. The Morgan fingerprint density at radius 1 is 1.13 bits per heavy atom. The Morgan fingerprint density at radius 2 is 1.87 bits per heavy atom. The van der Waals surface area contributed by atoms with Crippen molar-refractivity contribution in [3.63, 3.8) is 0 Å². The van der Waals surface area contributed by atoms with Crippen molar-refractivity contribution >= 4 is 35.3 Å². The molecule has 0 spiro atoms. The molecule has 1 aliphatic rings. The van der Waals surface area contributed by atoms with Crippen LogP contribution in [0.1, 0.15) is 18.4 Å². The van der Waals surface area contributed by atoms with Crippen molar-refractivity contribution < 1.29 is 9.59 Å². The number of aromatic nitrogens is 3. The van der Waals surface area contributed by atoms with E-state index in [1.54, 1.807) is 12.1 Å². The third-order valence-electron chi connectivity index (χ3n) is 4.59. The lowest BCUT2D eigenvalue weighted by molar-refractivity contribution is -0.117. The smallest absolute Gasteiger partial charge is 0.321 e. The normalized spacial score (nSPS) is 13.1. The zero-order valence-electron chi connectivity index (χ0n) is 16.3. The number of thioether (sulfide) groups is 1. The summed E-state index contributed by atoms with van der Waals surface area (Å²) in [7, 11) is 0. The molecule has 1 heterocycles. The Hall–Kier alpha value is -2.84. The summed E-state index contributed by atoms with van der Waals surface area (Å²) >= 11 is 7.25. The number of carbonyl (C=O) groups excluding carboxylic acids is 2. The maximum absolute atomic E-state index is 12.2. The maximum atomic E-state index is 12.2. The number of benzene rings is 2. The molecule has 1 aromatic heterocycles. The number of nitrogens with zero attached hydrogens (tertiary/aromatic N) is 3. The molecule has 0 saturated heterocycles. The van der Waals surface area contributed by atoms with Gasteiger partial charge in [0.1, 0.15) is 0 Å². The number of hydrogen-bond donors (Lipinski definition) is 2. The van der Waals surface area contributed by atoms with Crippen molar-refractivity contribution in [2.75, 3.05) is 5.75 Å². The number of imide groups is 1. The predicted octanol–water partition coefficient (Wildman–Crippen LogP) is 3.98. The SMILES string of the molecule is Cc1ccccc1-n1c(SCC(=O)NC(=O)NC2CC2)nnc1-c1ccc(Cl)cc1. The summed E-state index contributed by atoms with van der Waals surface area (Å²) in [5, 5.41) is 14.9. The van der Waals surface area contributed by atoms with E-state index in [4.69, 9.17) is 11.6 Å². The molecule has 0 unspecified atom stereocenters. The van der Waals surface area contributed by atoms with Gasteiger partial charge in [0.15, 0.2) is 11.0 Å². The van der Waals surface area contributed by atoms with Gasteiger partial charge in [-0.05, 0) is 55.7 Å². The van der Waals surface area contributed by atoms with Crippen LogP contribution in [0.4, 0.5) is 4.79 Å². The number of nitrogens with one attached hydrogen (secondary N) is 2. The second kappa shape index (κ2) is 8.89. The molecular formula is C21H20ClN5O2S. The van der Waals surface area contributed by atoms with Crippen LogP contribution in [0.3, 0.4) is 0 Å². The maximum Gasteiger partial charge on any atom is 0.321 e. The van der Waals surface area contributed by atoms with Crippen molar-refractivity contribution in [1.82, 2.24) is 25.4 Å². The minimum atomic E-state index is -0.453. The first-order valence-electron chi connectivity index (χ1n) is 9.52. The monoisotopic (exact) mass is 441 g/mol. The quantitative estimate of drug-likeness (QED) is 0.565. The van der Waals surface area contributed by atoms with E-state index < -0.39 is 6.03 Å². The Morgan fingerprint density at radius 3 is 2.57 bits per heavy atom. The van der Waals surface area contributed by atoms with Gasteiger partial charge in [-0.2, -0.15) is 0 Å². The topological polar surface area (TPSA) is 88.9 Å². The molecule has 4 rings (SSSR count). The van der Waals surface area contributed by atoms with Crippen LogP contribution >= 0.6 is 23.4 Å². The molecule has 1 saturated carbocycles. The summed E-state index contributed by atoms with van der Waals surface area (Å²) in [5.74, 6) is 0.309. The molecule has 1 aliphatic carbocycles. The molecule has 7 nitrogen and oxygen atoms in total. The number of amides is 3. The first kappa shape index (κ1) is 20.4. The minimum Gasteiger partial charge on any atom is -0.335 e. The molecule has 154 valence electrons. The van der Waals surface area contributed by atoms with Crippen LogP contribution in [0.15, 0.2) is 53.7 Å². The molecule has 0 atom stereocenters. The van der Waals surface area contributed by atoms with E-state index in [-0.39, 0.29) is 17.7 Å². The van der Waals surface area contributed by atoms with Crippen LogP contribution in [0, 0.1) is 6.92 Å². The Labute approximate surface area is 183 Å². The minimum absolute atomic E-state index is 0.0444. The van der Waals surface area contributed by atoms with E-state index in [0.29, 0.717) is 16.0 Å². The van der Waals surface area contributed by atoms with Gasteiger partial charge >= 0.3 is 6.03 Å². The standard InChI is InChI=1S/C21H20ClN5O2S/c1-13-4-2-3-5-17(13)27-19(14-6-8-15(22)9-7-14)25-26-21(27)30-12-18(28)24-20(29)23-16-10-11-16/h2-9,16H,10-12H2,1H3,(H2,23,24,28,29). The van der Waals surface area contributed by atoms with Crippen LogP contribution in [0.25, 0.3) is 17.1 Å². The fourth-order valence-electron chi connectivity index (χ4n) is 2.92. The summed E-state index contributed by atoms with van der Waals surface area (Å²) in [6.07, 6.45) is 1.92. The lowest BCUT2D eigenvalue weighted by atomic mass is 10.1. The predicted molar refractivity (Wildman–Crippen MR) is 117 cm³/mol. The van der Waals surface area contributed by atoms with Gasteiger partial charge in [-0.15, -0.1) is 10.2 Å². The van der Waals surface area contributed by atoms with Gasteiger partial charge in [0.05, 0.1) is 11.4 Å². The van der Waals surface area contributed by atoms with Gasteiger partial charge in [-0.1, -0.05) is 41.6 Å². The number of halogens is 1. The highest BCUT2D eigenvalue weighted by Crippen LogP contribution is 2.30. The molecule has 2 N–H and O–H groups in total. The van der Waals surface area contributed by atoms with Gasteiger partial charge in [0, 0.05) is 16.6 Å². The van der Waals surface area contributed by atoms with E-state index >= 15 is 0 Å². The average molecular weight is 442 g/mol. The summed E-state index contributed by atoms with van der Waals surface area (Å²) in [4.78, 5) is 24.0. The molecule has 1 fully saturated rings. The van der Waals surface area contributed by atoms with Crippen molar-refractivity contribution in [2.45, 2.75) is 31.0 Å². The van der Waals surface area contributed by atoms with E-state index in [9.17, 15) is 9.59 Å². The van der Waals surface area contributed by atoms with Gasteiger partial charge in [0.2, 0.25) is 5.91 Å². The molecule has 0 radical (unpaired) electrons. The van der Waals surface area contributed by atoms with Gasteiger partial charge in [-0.3, -0.25) is 14.7 Å². The molecule has 2 aromatic carbocycles. The van der Waals surface area contributed by atoms with Crippen LogP contribution in [-0.2, 0) is 4.79 Å². The Bertz CT molecular complexity index is 1080. The van der Waals surface area contributed by atoms with Crippen LogP contribution in [0.5, 0.6) is 0 Å². The van der Waals surface area contributed by atoms with Crippen LogP contribution in [-0.4, -0.2) is 38.5 Å². The fraction of sp³-hybridized carbons (Fsp3) is 0.238. The van der Waals surface area contributed by atoms with E-state index in [1.165, 1.54) is 11.8 Å². The molecule has 0 bridgehead atoms. The summed E-state index contributed by atoms with van der Waals surface area (Å²) < 4.78 is 1.92. The van der Waals surface area contributed by atoms with E-state index in [0.717, 1.165) is 29.7 Å². The number of para-hydroxylation sites is 1. The largest absolute Gasteiger partial charge is 0.335 e. The lowest BCUT2D eigenvalue weighted by Crippen LogP contribution is -2.41. The van der Waals surface area contributed by atoms with Crippen LogP contribution < -0.4 is 10.6 Å². The summed E-state index contributed by atoms with van der Waals surface area (Å²) in [5.41, 5.74) is 2.82. The van der Waals surface area contributed by atoms with Crippen molar-refractivity contribution in [2.24, 2.45) is 0 Å². The fourth-order valence-corrected chi connectivity index (χ4v) is 3.79. The molecule has 0 aliphatic heterocycles. The first-order chi connectivity index (χ1) is 14.5. The molecule has 9 heteroatoms. The van der Waals surface area contributed by atoms with Crippen molar-refractivity contribution in [1.29, 1.82) is 0 Å². The number of urea groups is 1. The molecular weight excluding hydrogens is 422 g/mol. The van der Waals surface area contributed by atoms with Crippen LogP contribution in [0.2, 0.25) is 5.02 Å². The van der Waals surface area contributed by atoms with Gasteiger partial charge < -0.3 is 5.32 Å². The number of carbonyl (C=O) groups is 2. The average Bonchev–Trinajstić information content (AvgIpc) is 3.43. The second-order valence-electron chi connectivity index (χ2n) is 7.02. The first-order valence-corrected chi connectivity index (χ1v) is 10.9. The summed E-state index contributed by atoms with van der Waals surface area (Å²) in [6.45, 7) is 2.00. The van der Waals surface area contributed by atoms with Crippen molar-refractivity contribution in [3.05, 3.63) is 59.1 Å². The van der Waals surface area contributed by atoms with E-state index in [2.05, 4.69) is 20.8 Å². The van der Waals surface area contributed by atoms with E-state index in [1.807, 2.05) is 47.9 Å². The Balaban J connectivity index is 1.58. The second-order valence-corrected chi connectivity index (χ2v) is 8.40. The summed E-state index contributed by atoms with van der Waals surface area (Å²) in [6, 6.07) is 15.0. The number of aryl methyl sites for hydroxylation is 1. The Kier molecular flexibility index (Phi) is 6.06. The highest BCUT2D eigenvalue weighted by Gasteiger charge is 2.24. The highest BCUT2D eigenvalue weighted by molar-refractivity contribution is 7.99. The third kappa shape index (κ3) is 4.83. The number of hydrogen-bond acceptors (Lipinski definition) is 5. The molecule has 3 amide bonds. The third-order valence-corrected chi connectivity index (χ3v) is 5.77. The van der Waals surface area contributed by atoms with Gasteiger partial charge in [0.25, 0.3) is 0 Å².